The molecule has 0 heterocycles. The second-order valence-electron chi connectivity index (χ2n) is 1.62. The normalized spacial score (nSPS) is 15.8. The van der Waals surface area contributed by atoms with Gasteiger partial charge < -0.3 is 9.05 Å². The van der Waals surface area contributed by atoms with E-state index in [9.17, 15) is 4.57 Å². The van der Waals surface area contributed by atoms with E-state index in [-0.39, 0.29) is 0 Å². The van der Waals surface area contributed by atoms with Gasteiger partial charge in [0.05, 0.1) is 19.0 Å². The zero-order chi connectivity index (χ0) is 8.04. The molecule has 0 amide bonds. The van der Waals surface area contributed by atoms with Crippen molar-refractivity contribution in [1.29, 1.82) is 0 Å². The monoisotopic (exact) mass is 164 g/mol. The van der Waals surface area contributed by atoms with E-state index in [1.165, 1.54) is 0 Å². The number of hydrogen-bond acceptors (Lipinski definition) is 3. The Balaban J connectivity index is 3.94. The molecule has 4 heteroatoms. The van der Waals surface area contributed by atoms with Crippen molar-refractivity contribution >= 4 is 7.60 Å². The summed E-state index contributed by atoms with van der Waals surface area (Å²) in [7, 11) is -2.82. The van der Waals surface area contributed by atoms with Gasteiger partial charge in [-0.05, 0) is 6.92 Å². The fourth-order valence-electron chi connectivity index (χ4n) is 0.507. The van der Waals surface area contributed by atoms with Crippen LogP contribution in [0.4, 0.5) is 0 Å². The van der Waals surface area contributed by atoms with Crippen LogP contribution in [0, 0.1) is 0 Å². The summed E-state index contributed by atoms with van der Waals surface area (Å²) in [5.74, 6) is 0. The van der Waals surface area contributed by atoms with Crippen LogP contribution in [0.2, 0.25) is 0 Å². The SMILES string of the molecule is C=COP(=O)(CC)OCC. The molecule has 0 fully saturated rings. The number of hydrogen-bond donors (Lipinski definition) is 0. The molecule has 0 aliphatic rings. The summed E-state index contributed by atoms with van der Waals surface area (Å²) in [5, 5.41) is 0. The van der Waals surface area contributed by atoms with Gasteiger partial charge in [-0.2, -0.15) is 0 Å². The molecule has 3 nitrogen and oxygen atoms in total. The zero-order valence-electron chi connectivity index (χ0n) is 6.37. The predicted octanol–water partition coefficient (Wildman–Crippen LogP) is 2.40. The Morgan fingerprint density at radius 3 is 2.50 bits per heavy atom. The Morgan fingerprint density at radius 1 is 1.60 bits per heavy atom. The summed E-state index contributed by atoms with van der Waals surface area (Å²) >= 11 is 0. The molecule has 0 rings (SSSR count). The first-order chi connectivity index (χ1) is 4.68. The van der Waals surface area contributed by atoms with Crippen LogP contribution in [0.15, 0.2) is 12.8 Å². The van der Waals surface area contributed by atoms with Crippen molar-refractivity contribution in [2.45, 2.75) is 13.8 Å². The topological polar surface area (TPSA) is 35.5 Å². The molecule has 0 bridgehead atoms. The third-order valence-corrected chi connectivity index (χ3v) is 2.84. The second-order valence-corrected chi connectivity index (χ2v) is 3.94. The van der Waals surface area contributed by atoms with E-state index in [1.807, 2.05) is 0 Å². The van der Waals surface area contributed by atoms with Gasteiger partial charge in [0.25, 0.3) is 0 Å². The van der Waals surface area contributed by atoms with Crippen molar-refractivity contribution in [3.8, 4) is 0 Å². The van der Waals surface area contributed by atoms with E-state index in [1.54, 1.807) is 13.8 Å². The smallest absolute Gasteiger partial charge is 0.378 e. The quantitative estimate of drug-likeness (QED) is 0.462. The lowest BCUT2D eigenvalue weighted by Gasteiger charge is -2.12. The number of rotatable bonds is 5. The lowest BCUT2D eigenvalue weighted by Crippen LogP contribution is -1.93. The van der Waals surface area contributed by atoms with Crippen molar-refractivity contribution in [3.05, 3.63) is 12.8 Å². The molecule has 0 spiro atoms. The maximum atomic E-state index is 11.3. The van der Waals surface area contributed by atoms with Gasteiger partial charge in [-0.15, -0.1) is 0 Å². The second kappa shape index (κ2) is 4.53. The first kappa shape index (κ1) is 9.73. The summed E-state index contributed by atoms with van der Waals surface area (Å²) in [4.78, 5) is 0. The molecule has 0 aliphatic carbocycles. The molecule has 0 aliphatic heterocycles. The van der Waals surface area contributed by atoms with Crippen LogP contribution in [0.1, 0.15) is 13.8 Å². The first-order valence-electron chi connectivity index (χ1n) is 3.21. The van der Waals surface area contributed by atoms with E-state index in [0.717, 1.165) is 6.26 Å². The van der Waals surface area contributed by atoms with Gasteiger partial charge in [0.15, 0.2) is 0 Å². The first-order valence-corrected chi connectivity index (χ1v) is 4.94. The van der Waals surface area contributed by atoms with E-state index < -0.39 is 7.60 Å². The van der Waals surface area contributed by atoms with Crippen LogP contribution < -0.4 is 0 Å². The minimum absolute atomic E-state index is 0.382. The molecule has 10 heavy (non-hydrogen) atoms. The fraction of sp³-hybridized carbons (Fsp3) is 0.667. The highest BCUT2D eigenvalue weighted by Crippen LogP contribution is 2.47. The molecule has 0 radical (unpaired) electrons. The fourth-order valence-corrected chi connectivity index (χ4v) is 1.52. The third kappa shape index (κ3) is 3.04. The van der Waals surface area contributed by atoms with E-state index in [2.05, 4.69) is 6.58 Å². The lowest BCUT2D eigenvalue weighted by atomic mass is 10.9. The standard InChI is InChI=1S/C6H13O3P/c1-4-8-10(7,6-3)9-5-2/h4H,1,5-6H2,2-3H3. The highest BCUT2D eigenvalue weighted by atomic mass is 31.2. The van der Waals surface area contributed by atoms with Crippen LogP contribution in [0.3, 0.4) is 0 Å². The molecule has 0 aromatic rings. The molecule has 1 unspecified atom stereocenters. The van der Waals surface area contributed by atoms with Crippen molar-refractivity contribution < 1.29 is 13.6 Å². The Labute approximate surface area is 61.6 Å². The van der Waals surface area contributed by atoms with Gasteiger partial charge >= 0.3 is 7.60 Å². The van der Waals surface area contributed by atoms with Gasteiger partial charge in [-0.1, -0.05) is 13.5 Å². The van der Waals surface area contributed by atoms with E-state index in [4.69, 9.17) is 9.05 Å². The highest BCUT2D eigenvalue weighted by molar-refractivity contribution is 7.53. The van der Waals surface area contributed by atoms with Crippen molar-refractivity contribution in [2.24, 2.45) is 0 Å². The van der Waals surface area contributed by atoms with Gasteiger partial charge in [-0.25, -0.2) is 4.57 Å². The van der Waals surface area contributed by atoms with Crippen LogP contribution >= 0.6 is 7.60 Å². The largest absolute Gasteiger partial charge is 0.433 e. The minimum atomic E-state index is -2.82. The summed E-state index contributed by atoms with van der Waals surface area (Å²) in [6.45, 7) is 7.23. The predicted molar refractivity (Wildman–Crippen MR) is 41.1 cm³/mol. The van der Waals surface area contributed by atoms with E-state index >= 15 is 0 Å². The summed E-state index contributed by atoms with van der Waals surface area (Å²) in [5.41, 5.74) is 0. The Kier molecular flexibility index (Phi) is 4.41. The maximum Gasteiger partial charge on any atom is 0.378 e. The zero-order valence-corrected chi connectivity index (χ0v) is 7.27. The lowest BCUT2D eigenvalue weighted by molar-refractivity contribution is 0.263. The van der Waals surface area contributed by atoms with Crippen molar-refractivity contribution in [2.75, 3.05) is 12.8 Å². The van der Waals surface area contributed by atoms with Gasteiger partial charge in [0.1, 0.15) is 0 Å². The van der Waals surface area contributed by atoms with Crippen LogP contribution in [-0.4, -0.2) is 12.8 Å². The minimum Gasteiger partial charge on any atom is -0.433 e. The molecule has 0 aromatic carbocycles. The van der Waals surface area contributed by atoms with Crippen molar-refractivity contribution in [3.63, 3.8) is 0 Å². The van der Waals surface area contributed by atoms with Gasteiger partial charge in [0.2, 0.25) is 0 Å². The highest BCUT2D eigenvalue weighted by Gasteiger charge is 2.19. The third-order valence-electron chi connectivity index (χ3n) is 0.948. The average molecular weight is 164 g/mol. The molecule has 1 atom stereocenters. The molecule has 0 aromatic heterocycles. The molecule has 60 valence electrons. The average Bonchev–Trinajstić information content (AvgIpc) is 1.89. The molecule has 0 N–H and O–H groups in total. The summed E-state index contributed by atoms with van der Waals surface area (Å²) in [6.07, 6.45) is 1.53. The van der Waals surface area contributed by atoms with Gasteiger partial charge in [0, 0.05) is 0 Å². The molecule has 0 saturated carbocycles. The van der Waals surface area contributed by atoms with Crippen molar-refractivity contribution in [1.82, 2.24) is 0 Å². The maximum absolute atomic E-state index is 11.3. The Bertz CT molecular complexity index is 144. The molecular weight excluding hydrogens is 151 g/mol. The van der Waals surface area contributed by atoms with Crippen LogP contribution in [0.5, 0.6) is 0 Å². The van der Waals surface area contributed by atoms with Gasteiger partial charge in [-0.3, -0.25) is 0 Å². The Hall–Kier alpha value is -0.270. The van der Waals surface area contributed by atoms with Crippen LogP contribution in [-0.2, 0) is 13.6 Å². The Morgan fingerprint density at radius 2 is 2.20 bits per heavy atom. The molecule has 0 saturated heterocycles. The van der Waals surface area contributed by atoms with Crippen LogP contribution in [0.25, 0.3) is 0 Å². The molecular formula is C6H13O3P. The van der Waals surface area contributed by atoms with E-state index in [0.29, 0.717) is 12.8 Å². The summed E-state index contributed by atoms with van der Waals surface area (Å²) < 4.78 is 20.9. The summed E-state index contributed by atoms with van der Waals surface area (Å²) in [6, 6.07) is 0.